The normalized spacial score (nSPS) is 28.1. The average molecular weight is 350 g/mol. The summed E-state index contributed by atoms with van der Waals surface area (Å²) >= 11 is 0. The van der Waals surface area contributed by atoms with Gasteiger partial charge in [-0.2, -0.15) is 0 Å². The van der Waals surface area contributed by atoms with Gasteiger partial charge in [-0.25, -0.2) is 0 Å². The molecule has 1 aliphatic carbocycles. The van der Waals surface area contributed by atoms with Gasteiger partial charge in [0.05, 0.1) is 19.3 Å². The Bertz CT molecular complexity index is 546. The highest BCUT2D eigenvalue weighted by molar-refractivity contribution is 4.94. The van der Waals surface area contributed by atoms with Gasteiger partial charge in [-0.1, -0.05) is 19.8 Å². The zero-order chi connectivity index (χ0) is 17.8. The van der Waals surface area contributed by atoms with Crippen LogP contribution in [-0.4, -0.2) is 70.0 Å². The minimum Gasteiger partial charge on any atom is -0.377 e. The van der Waals surface area contributed by atoms with E-state index in [-0.39, 0.29) is 0 Å². The first-order valence-electron chi connectivity index (χ1n) is 9.93. The van der Waals surface area contributed by atoms with Crippen molar-refractivity contribution < 1.29 is 4.74 Å². The molecule has 1 aliphatic heterocycles. The highest BCUT2D eigenvalue weighted by Crippen LogP contribution is 2.26. The van der Waals surface area contributed by atoms with Crippen LogP contribution in [0.5, 0.6) is 0 Å². The molecule has 2 aliphatic rings. The second-order valence-electron chi connectivity index (χ2n) is 8.05. The summed E-state index contributed by atoms with van der Waals surface area (Å²) in [6.07, 6.45) is 7.04. The van der Waals surface area contributed by atoms with Crippen LogP contribution in [0.3, 0.4) is 0 Å². The van der Waals surface area contributed by atoms with Crippen molar-refractivity contribution in [2.24, 2.45) is 13.0 Å². The summed E-state index contributed by atoms with van der Waals surface area (Å²) in [6.45, 7) is 9.48. The minimum absolute atomic E-state index is 0.494. The van der Waals surface area contributed by atoms with Crippen molar-refractivity contribution in [3.63, 3.8) is 0 Å². The fourth-order valence-electron chi connectivity index (χ4n) is 4.18. The van der Waals surface area contributed by atoms with E-state index in [1.807, 2.05) is 14.0 Å². The van der Waals surface area contributed by atoms with E-state index in [9.17, 15) is 0 Å². The summed E-state index contributed by atoms with van der Waals surface area (Å²) in [5, 5.41) is 8.45. The van der Waals surface area contributed by atoms with Crippen molar-refractivity contribution >= 4 is 0 Å². The summed E-state index contributed by atoms with van der Waals surface area (Å²) < 4.78 is 8.28. The molecule has 0 amide bonds. The quantitative estimate of drug-likeness (QED) is 0.755. The van der Waals surface area contributed by atoms with Gasteiger partial charge in [0.15, 0.2) is 0 Å². The lowest BCUT2D eigenvalue weighted by Crippen LogP contribution is -2.36. The Hall–Kier alpha value is -0.980. The maximum atomic E-state index is 6.19. The van der Waals surface area contributed by atoms with E-state index < -0.39 is 0 Å². The van der Waals surface area contributed by atoms with Crippen molar-refractivity contribution in [3.05, 3.63) is 11.6 Å². The molecule has 6 nitrogen and oxygen atoms in total. The van der Waals surface area contributed by atoms with E-state index in [2.05, 4.69) is 38.5 Å². The molecule has 1 aromatic rings. The smallest absolute Gasteiger partial charge is 0.146 e. The predicted molar refractivity (Wildman–Crippen MR) is 99.4 cm³/mol. The molecule has 2 heterocycles. The van der Waals surface area contributed by atoms with Crippen molar-refractivity contribution in [2.75, 3.05) is 33.3 Å². The fraction of sp³-hybridized carbons (Fsp3) is 0.895. The number of aryl methyl sites for hydroxylation is 1. The molecule has 1 saturated heterocycles. The van der Waals surface area contributed by atoms with Gasteiger partial charge in [0.1, 0.15) is 11.6 Å². The van der Waals surface area contributed by atoms with Crippen LogP contribution in [0.25, 0.3) is 0 Å². The third-order valence-electron chi connectivity index (χ3n) is 6.22. The van der Waals surface area contributed by atoms with Crippen LogP contribution in [0, 0.1) is 12.8 Å². The topological polar surface area (TPSA) is 46.4 Å². The lowest BCUT2D eigenvalue weighted by molar-refractivity contribution is -0.0124. The van der Waals surface area contributed by atoms with Crippen LogP contribution in [0.2, 0.25) is 0 Å². The van der Waals surface area contributed by atoms with Crippen LogP contribution in [0.1, 0.15) is 50.7 Å². The lowest BCUT2D eigenvalue weighted by atomic mass is 9.88. The number of aromatic nitrogens is 3. The first-order chi connectivity index (χ1) is 12.0. The van der Waals surface area contributed by atoms with Gasteiger partial charge in [0, 0.05) is 26.2 Å². The van der Waals surface area contributed by atoms with Crippen LogP contribution >= 0.6 is 0 Å². The Balaban J connectivity index is 1.38. The van der Waals surface area contributed by atoms with Gasteiger partial charge in [-0.05, 0) is 45.7 Å². The first kappa shape index (κ1) is 18.8. The Morgan fingerprint density at radius 1 is 1.20 bits per heavy atom. The summed E-state index contributed by atoms with van der Waals surface area (Å²) in [5.74, 6) is 2.76. The molecule has 25 heavy (non-hydrogen) atoms. The van der Waals surface area contributed by atoms with Crippen molar-refractivity contribution in [3.8, 4) is 0 Å². The number of likely N-dealkylation sites (N-methyl/N-ethyl adjacent to an activating group) is 1. The van der Waals surface area contributed by atoms with Crippen LogP contribution in [0.4, 0.5) is 0 Å². The second kappa shape index (κ2) is 8.60. The highest BCUT2D eigenvalue weighted by Gasteiger charge is 2.27. The van der Waals surface area contributed by atoms with Gasteiger partial charge in [0.2, 0.25) is 0 Å². The molecule has 142 valence electrons. The predicted octanol–water partition coefficient (Wildman–Crippen LogP) is 2.22. The van der Waals surface area contributed by atoms with Gasteiger partial charge >= 0.3 is 0 Å². The summed E-state index contributed by atoms with van der Waals surface area (Å²) in [7, 11) is 4.25. The standard InChI is InChI=1S/C19H35N5O/c1-15-7-5-6-8-18(15)25-12-11-24-10-9-17(13-24)22(3)14-19-21-20-16(2)23(19)4/h15,17-18H,5-14H2,1-4H3/t15-,17+,18-/m0/s1. The lowest BCUT2D eigenvalue weighted by Gasteiger charge is -2.29. The Morgan fingerprint density at radius 3 is 2.72 bits per heavy atom. The third kappa shape index (κ3) is 4.80. The Labute approximate surface area is 152 Å². The van der Waals surface area contributed by atoms with Crippen molar-refractivity contribution in [1.29, 1.82) is 0 Å². The van der Waals surface area contributed by atoms with Crippen LogP contribution in [-0.2, 0) is 18.3 Å². The van der Waals surface area contributed by atoms with E-state index in [0.717, 1.165) is 43.8 Å². The van der Waals surface area contributed by atoms with E-state index in [0.29, 0.717) is 12.1 Å². The zero-order valence-electron chi connectivity index (χ0n) is 16.4. The molecule has 0 aromatic carbocycles. The SMILES string of the molecule is Cc1nnc(CN(C)[C@@H]2CCN(CCO[C@H]3CCCC[C@@H]3C)C2)n1C. The van der Waals surface area contributed by atoms with Crippen molar-refractivity contribution in [1.82, 2.24) is 24.6 Å². The maximum absolute atomic E-state index is 6.19. The second-order valence-corrected chi connectivity index (χ2v) is 8.05. The zero-order valence-corrected chi connectivity index (χ0v) is 16.4. The van der Waals surface area contributed by atoms with Crippen LogP contribution in [0.15, 0.2) is 0 Å². The van der Waals surface area contributed by atoms with Gasteiger partial charge in [0.25, 0.3) is 0 Å². The largest absolute Gasteiger partial charge is 0.377 e. The van der Waals surface area contributed by atoms with Gasteiger partial charge < -0.3 is 9.30 Å². The molecule has 1 aromatic heterocycles. The fourth-order valence-corrected chi connectivity index (χ4v) is 4.18. The average Bonchev–Trinajstić information content (AvgIpc) is 3.19. The number of ether oxygens (including phenoxy) is 1. The number of nitrogens with zero attached hydrogens (tertiary/aromatic N) is 5. The molecule has 0 radical (unpaired) electrons. The molecule has 2 fully saturated rings. The molecule has 3 rings (SSSR count). The monoisotopic (exact) mass is 349 g/mol. The van der Waals surface area contributed by atoms with Crippen molar-refractivity contribution in [2.45, 2.75) is 64.6 Å². The molecule has 0 bridgehead atoms. The maximum Gasteiger partial charge on any atom is 0.146 e. The first-order valence-corrected chi connectivity index (χ1v) is 9.93. The molecule has 1 saturated carbocycles. The van der Waals surface area contributed by atoms with Gasteiger partial charge in [-0.3, -0.25) is 9.80 Å². The number of hydrogen-bond acceptors (Lipinski definition) is 5. The molecule has 0 spiro atoms. The van der Waals surface area contributed by atoms with E-state index >= 15 is 0 Å². The Morgan fingerprint density at radius 2 is 2.00 bits per heavy atom. The third-order valence-corrected chi connectivity index (χ3v) is 6.22. The summed E-state index contributed by atoms with van der Waals surface area (Å²) in [4.78, 5) is 4.98. The van der Waals surface area contributed by atoms with E-state index in [4.69, 9.17) is 4.74 Å². The Kier molecular flexibility index (Phi) is 6.47. The molecule has 3 atom stereocenters. The molecule has 0 N–H and O–H groups in total. The van der Waals surface area contributed by atoms with E-state index in [1.165, 1.54) is 38.6 Å². The van der Waals surface area contributed by atoms with Gasteiger partial charge in [-0.15, -0.1) is 10.2 Å². The molecule has 6 heteroatoms. The molecular weight excluding hydrogens is 314 g/mol. The molecular formula is C19H35N5O. The number of hydrogen-bond donors (Lipinski definition) is 0. The number of likely N-dealkylation sites (tertiary alicyclic amines) is 1. The number of rotatable bonds is 7. The molecule has 0 unspecified atom stereocenters. The minimum atomic E-state index is 0.494. The summed E-state index contributed by atoms with van der Waals surface area (Å²) in [5.41, 5.74) is 0. The van der Waals surface area contributed by atoms with E-state index in [1.54, 1.807) is 0 Å². The van der Waals surface area contributed by atoms with Crippen LogP contribution < -0.4 is 0 Å². The highest BCUT2D eigenvalue weighted by atomic mass is 16.5. The summed E-state index contributed by atoms with van der Waals surface area (Å²) in [6, 6.07) is 0.602.